The molecule has 0 aliphatic heterocycles. The zero-order chi connectivity index (χ0) is 12.1. The monoisotopic (exact) mass is 228 g/mol. The second-order valence-corrected chi connectivity index (χ2v) is 3.84. The first-order chi connectivity index (χ1) is 8.31. The molecule has 0 saturated heterocycles. The highest BCUT2D eigenvalue weighted by molar-refractivity contribution is 5.32. The molecule has 2 aromatic rings. The minimum Gasteiger partial charge on any atom is -0.349 e. The first-order valence-corrected chi connectivity index (χ1v) is 5.59. The molecule has 1 atom stereocenters. The third-order valence-electron chi connectivity index (χ3n) is 2.59. The van der Waals surface area contributed by atoms with Gasteiger partial charge in [0, 0.05) is 31.3 Å². The van der Waals surface area contributed by atoms with E-state index in [2.05, 4.69) is 28.8 Å². The lowest BCUT2D eigenvalue weighted by atomic mass is 10.1. The van der Waals surface area contributed by atoms with E-state index in [4.69, 9.17) is 0 Å². The Labute approximate surface area is 101 Å². The van der Waals surface area contributed by atoms with Crippen molar-refractivity contribution in [3.63, 3.8) is 0 Å². The molecule has 0 aromatic carbocycles. The second-order valence-electron chi connectivity index (χ2n) is 3.84. The Hall–Kier alpha value is -2.10. The van der Waals surface area contributed by atoms with Crippen LogP contribution < -0.4 is 5.32 Å². The van der Waals surface area contributed by atoms with Gasteiger partial charge in [0.2, 0.25) is 5.95 Å². The average Bonchev–Trinajstić information content (AvgIpc) is 2.78. The standard InChI is InChI=1S/C13H16N4/c1-3-9-17-10-8-15-13(17)16-11(2)12-4-6-14-7-5-12/h3-8,10-11H,1,9H2,2H3,(H,15,16). The highest BCUT2D eigenvalue weighted by Gasteiger charge is 2.08. The van der Waals surface area contributed by atoms with Gasteiger partial charge in [0.1, 0.15) is 0 Å². The minimum atomic E-state index is 0.198. The van der Waals surface area contributed by atoms with Gasteiger partial charge in [-0.1, -0.05) is 6.08 Å². The zero-order valence-electron chi connectivity index (χ0n) is 9.87. The molecule has 1 unspecified atom stereocenters. The number of nitrogens with zero attached hydrogens (tertiary/aromatic N) is 3. The van der Waals surface area contributed by atoms with E-state index in [0.29, 0.717) is 0 Å². The van der Waals surface area contributed by atoms with Crippen molar-refractivity contribution in [1.29, 1.82) is 0 Å². The van der Waals surface area contributed by atoms with Crippen LogP contribution in [0, 0.1) is 0 Å². The van der Waals surface area contributed by atoms with Gasteiger partial charge in [0.05, 0.1) is 6.04 Å². The molecule has 17 heavy (non-hydrogen) atoms. The molecule has 0 aliphatic rings. The minimum absolute atomic E-state index is 0.198. The van der Waals surface area contributed by atoms with E-state index in [9.17, 15) is 0 Å². The summed E-state index contributed by atoms with van der Waals surface area (Å²) in [6, 6.07) is 4.20. The van der Waals surface area contributed by atoms with Gasteiger partial charge in [-0.05, 0) is 24.6 Å². The zero-order valence-corrected chi connectivity index (χ0v) is 9.87. The lowest BCUT2D eigenvalue weighted by Gasteiger charge is -2.15. The smallest absolute Gasteiger partial charge is 0.203 e. The first-order valence-electron chi connectivity index (χ1n) is 5.59. The predicted molar refractivity (Wildman–Crippen MR) is 68.7 cm³/mol. The van der Waals surface area contributed by atoms with Gasteiger partial charge in [-0.25, -0.2) is 4.98 Å². The molecule has 0 saturated carbocycles. The Kier molecular flexibility index (Phi) is 3.55. The van der Waals surface area contributed by atoms with Crippen LogP contribution in [0.2, 0.25) is 0 Å². The van der Waals surface area contributed by atoms with Crippen LogP contribution in [0.3, 0.4) is 0 Å². The van der Waals surface area contributed by atoms with Crippen LogP contribution in [-0.2, 0) is 6.54 Å². The molecular weight excluding hydrogens is 212 g/mol. The number of hydrogen-bond acceptors (Lipinski definition) is 3. The average molecular weight is 228 g/mol. The van der Waals surface area contributed by atoms with Crippen molar-refractivity contribution in [3.05, 3.63) is 55.1 Å². The van der Waals surface area contributed by atoms with Crippen molar-refractivity contribution >= 4 is 5.95 Å². The van der Waals surface area contributed by atoms with Crippen LogP contribution in [0.25, 0.3) is 0 Å². The van der Waals surface area contributed by atoms with Gasteiger partial charge < -0.3 is 9.88 Å². The Morgan fingerprint density at radius 2 is 2.18 bits per heavy atom. The number of rotatable bonds is 5. The number of allylic oxidation sites excluding steroid dienone is 1. The van der Waals surface area contributed by atoms with Crippen LogP contribution in [0.4, 0.5) is 5.95 Å². The number of hydrogen-bond donors (Lipinski definition) is 1. The maximum absolute atomic E-state index is 4.29. The van der Waals surface area contributed by atoms with Crippen LogP contribution in [0.5, 0.6) is 0 Å². The second kappa shape index (κ2) is 5.30. The number of nitrogens with one attached hydrogen (secondary N) is 1. The Morgan fingerprint density at radius 1 is 1.41 bits per heavy atom. The van der Waals surface area contributed by atoms with Gasteiger partial charge in [-0.15, -0.1) is 6.58 Å². The van der Waals surface area contributed by atoms with E-state index in [1.54, 1.807) is 18.6 Å². The van der Waals surface area contributed by atoms with Gasteiger partial charge in [-0.2, -0.15) is 0 Å². The normalized spacial score (nSPS) is 12.1. The molecule has 88 valence electrons. The van der Waals surface area contributed by atoms with Gasteiger partial charge in [0.25, 0.3) is 0 Å². The highest BCUT2D eigenvalue weighted by atomic mass is 15.2. The fourth-order valence-electron chi connectivity index (χ4n) is 1.66. The largest absolute Gasteiger partial charge is 0.349 e. The predicted octanol–water partition coefficient (Wildman–Crippen LogP) is 2.64. The number of pyridine rings is 1. The van der Waals surface area contributed by atoms with Crippen molar-refractivity contribution in [1.82, 2.24) is 14.5 Å². The fraction of sp³-hybridized carbons (Fsp3) is 0.231. The number of aromatic nitrogens is 3. The lowest BCUT2D eigenvalue weighted by Crippen LogP contribution is -2.11. The van der Waals surface area contributed by atoms with E-state index in [1.807, 2.05) is 29.0 Å². The molecule has 2 rings (SSSR count). The molecule has 0 radical (unpaired) electrons. The summed E-state index contributed by atoms with van der Waals surface area (Å²) in [5.74, 6) is 0.856. The van der Waals surface area contributed by atoms with Crippen LogP contribution in [-0.4, -0.2) is 14.5 Å². The third kappa shape index (κ3) is 2.72. The summed E-state index contributed by atoms with van der Waals surface area (Å²) in [4.78, 5) is 8.30. The van der Waals surface area contributed by atoms with E-state index in [-0.39, 0.29) is 6.04 Å². The molecule has 1 N–H and O–H groups in total. The molecule has 4 heteroatoms. The van der Waals surface area contributed by atoms with Gasteiger partial charge >= 0.3 is 0 Å². The van der Waals surface area contributed by atoms with Crippen LogP contribution in [0.15, 0.2) is 49.6 Å². The third-order valence-corrected chi connectivity index (χ3v) is 2.59. The summed E-state index contributed by atoms with van der Waals surface area (Å²) in [6.07, 6.45) is 9.16. The molecule has 0 fully saturated rings. The highest BCUT2D eigenvalue weighted by Crippen LogP contribution is 2.17. The first kappa shape index (κ1) is 11.4. The molecule has 0 amide bonds. The lowest BCUT2D eigenvalue weighted by molar-refractivity contribution is 0.783. The van der Waals surface area contributed by atoms with E-state index < -0.39 is 0 Å². The topological polar surface area (TPSA) is 42.7 Å². The van der Waals surface area contributed by atoms with Crippen molar-refractivity contribution < 1.29 is 0 Å². The van der Waals surface area contributed by atoms with Crippen molar-refractivity contribution in [3.8, 4) is 0 Å². The maximum Gasteiger partial charge on any atom is 0.203 e. The van der Waals surface area contributed by atoms with Gasteiger partial charge in [0.15, 0.2) is 0 Å². The van der Waals surface area contributed by atoms with E-state index in [1.165, 1.54) is 5.56 Å². The summed E-state index contributed by atoms with van der Waals surface area (Å²) in [6.45, 7) is 6.58. The molecule has 0 bridgehead atoms. The summed E-state index contributed by atoms with van der Waals surface area (Å²) in [5.41, 5.74) is 1.19. The summed E-state index contributed by atoms with van der Waals surface area (Å²) >= 11 is 0. The van der Waals surface area contributed by atoms with Gasteiger partial charge in [-0.3, -0.25) is 4.98 Å². The fourth-order valence-corrected chi connectivity index (χ4v) is 1.66. The van der Waals surface area contributed by atoms with Crippen molar-refractivity contribution in [2.75, 3.05) is 5.32 Å². The Bertz CT molecular complexity index is 475. The quantitative estimate of drug-likeness (QED) is 0.800. The Balaban J connectivity index is 2.10. The van der Waals surface area contributed by atoms with Crippen molar-refractivity contribution in [2.45, 2.75) is 19.5 Å². The molecule has 2 aromatic heterocycles. The summed E-state index contributed by atoms with van der Waals surface area (Å²) in [5, 5.41) is 3.37. The molecule has 0 aliphatic carbocycles. The molecular formula is C13H16N4. The van der Waals surface area contributed by atoms with Crippen LogP contribution >= 0.6 is 0 Å². The maximum atomic E-state index is 4.29. The van der Waals surface area contributed by atoms with Crippen molar-refractivity contribution in [2.24, 2.45) is 0 Å². The Morgan fingerprint density at radius 3 is 2.88 bits per heavy atom. The van der Waals surface area contributed by atoms with Crippen LogP contribution in [0.1, 0.15) is 18.5 Å². The van der Waals surface area contributed by atoms with E-state index in [0.717, 1.165) is 12.5 Å². The summed E-state index contributed by atoms with van der Waals surface area (Å²) < 4.78 is 2.02. The SMILES string of the molecule is C=CCn1ccnc1NC(C)c1ccncc1. The molecule has 2 heterocycles. The molecule has 0 spiro atoms. The molecule has 4 nitrogen and oxygen atoms in total. The summed E-state index contributed by atoms with van der Waals surface area (Å²) in [7, 11) is 0. The van der Waals surface area contributed by atoms with E-state index >= 15 is 0 Å². The number of imidazole rings is 1. The number of anilines is 1.